The lowest BCUT2D eigenvalue weighted by atomic mass is 9.97. The Balaban J connectivity index is 1.74. The molecule has 6 heteroatoms. The van der Waals surface area contributed by atoms with Crippen LogP contribution in [0.3, 0.4) is 0 Å². The summed E-state index contributed by atoms with van der Waals surface area (Å²) >= 11 is 0. The quantitative estimate of drug-likeness (QED) is 0.720. The summed E-state index contributed by atoms with van der Waals surface area (Å²) in [4.78, 5) is 43.1. The fourth-order valence-electron chi connectivity index (χ4n) is 3.67. The van der Waals surface area contributed by atoms with Gasteiger partial charge in [-0.1, -0.05) is 0 Å². The molecule has 0 aromatic rings. The lowest BCUT2D eigenvalue weighted by Crippen LogP contribution is -2.10. The topological polar surface area (TPSA) is 83.6 Å². The highest BCUT2D eigenvalue weighted by Gasteiger charge is 2.29. The number of hydrogen-bond acceptors (Lipinski definition) is 6. The largest absolute Gasteiger partial charge is 0.294 e. The third kappa shape index (κ3) is 3.18. The van der Waals surface area contributed by atoms with Gasteiger partial charge in [0.25, 0.3) is 0 Å². The molecule has 0 amide bonds. The molecule has 0 unspecified atom stereocenters. The zero-order chi connectivity index (χ0) is 20.8. The Morgan fingerprint density at radius 3 is 1.53 bits per heavy atom. The molecule has 0 saturated carbocycles. The molecular weight excluding hydrogens is 376 g/mol. The Bertz CT molecular complexity index is 1310. The standard InChI is InChI=1S/C24H16N4O2/c1-13(29)23-21-11-19-7-5-17(26-19)9-15-3-4-16(25-15)10-18-6-8-20(27-18)12-22(28-21)24(23)14(2)30/h3-12H,1-2H3. The summed E-state index contributed by atoms with van der Waals surface area (Å²) in [6.07, 6.45) is 18.5. The van der Waals surface area contributed by atoms with E-state index < -0.39 is 0 Å². The molecule has 0 aliphatic carbocycles. The van der Waals surface area contributed by atoms with Gasteiger partial charge in [-0.2, -0.15) is 0 Å². The lowest BCUT2D eigenvalue weighted by Gasteiger charge is -2.02. The van der Waals surface area contributed by atoms with Gasteiger partial charge >= 0.3 is 0 Å². The van der Waals surface area contributed by atoms with Crippen molar-refractivity contribution in [3.8, 4) is 0 Å². The fourth-order valence-corrected chi connectivity index (χ4v) is 3.67. The minimum atomic E-state index is -0.215. The van der Waals surface area contributed by atoms with Crippen LogP contribution in [0.25, 0.3) is 0 Å². The fraction of sp³-hybridized carbons (Fsp3) is 0.0833. The van der Waals surface area contributed by atoms with Gasteiger partial charge in [0.15, 0.2) is 11.6 Å². The maximum absolute atomic E-state index is 12.4. The Morgan fingerprint density at radius 1 is 0.567 bits per heavy atom. The lowest BCUT2D eigenvalue weighted by molar-refractivity contribution is -0.115. The van der Waals surface area contributed by atoms with Gasteiger partial charge < -0.3 is 0 Å². The molecule has 0 radical (unpaired) electrons. The first-order chi connectivity index (χ1) is 14.5. The second-order valence-electron chi connectivity index (χ2n) is 7.21. The van der Waals surface area contributed by atoms with E-state index in [9.17, 15) is 9.59 Å². The van der Waals surface area contributed by atoms with Crippen molar-refractivity contribution < 1.29 is 9.59 Å². The van der Waals surface area contributed by atoms with Crippen LogP contribution in [0, 0.1) is 0 Å². The number of aliphatic imine (C=N–C) groups is 4. The van der Waals surface area contributed by atoms with Gasteiger partial charge in [-0.05, 0) is 74.6 Å². The van der Waals surface area contributed by atoms with Crippen molar-refractivity contribution in [1.29, 1.82) is 0 Å². The number of ketones is 2. The van der Waals surface area contributed by atoms with Crippen molar-refractivity contribution in [2.75, 3.05) is 0 Å². The van der Waals surface area contributed by atoms with Gasteiger partial charge in [0, 0.05) is 0 Å². The van der Waals surface area contributed by atoms with E-state index in [-0.39, 0.29) is 11.6 Å². The van der Waals surface area contributed by atoms with Crippen LogP contribution >= 0.6 is 0 Å². The molecule has 5 rings (SSSR count). The van der Waals surface area contributed by atoms with Gasteiger partial charge in [0.2, 0.25) is 0 Å². The van der Waals surface area contributed by atoms with Crippen LogP contribution in [0.15, 0.2) is 115 Å². The second-order valence-corrected chi connectivity index (χ2v) is 7.21. The Morgan fingerprint density at radius 2 is 1.03 bits per heavy atom. The number of fused-ring (bicyclic) bond motifs is 4. The molecule has 0 saturated heterocycles. The number of nitrogens with zero attached hydrogens (tertiary/aromatic N) is 4. The minimum absolute atomic E-state index is 0.215. The Labute approximate surface area is 172 Å². The van der Waals surface area contributed by atoms with Crippen molar-refractivity contribution in [3.63, 3.8) is 0 Å². The van der Waals surface area contributed by atoms with E-state index in [1.54, 1.807) is 12.2 Å². The highest BCUT2D eigenvalue weighted by molar-refractivity contribution is 6.33. The first-order valence-electron chi connectivity index (χ1n) is 9.49. The predicted octanol–water partition coefficient (Wildman–Crippen LogP) is 3.50. The predicted molar refractivity (Wildman–Crippen MR) is 118 cm³/mol. The van der Waals surface area contributed by atoms with Gasteiger partial charge in [-0.15, -0.1) is 0 Å². The van der Waals surface area contributed by atoms with Gasteiger partial charge in [0.1, 0.15) is 0 Å². The summed E-state index contributed by atoms with van der Waals surface area (Å²) in [5.41, 5.74) is 5.90. The molecule has 0 aromatic heterocycles. The molecule has 8 bridgehead atoms. The highest BCUT2D eigenvalue weighted by atomic mass is 16.1. The van der Waals surface area contributed by atoms with Crippen LogP contribution in [0.2, 0.25) is 0 Å². The van der Waals surface area contributed by atoms with Crippen molar-refractivity contribution in [2.45, 2.75) is 13.8 Å². The summed E-state index contributed by atoms with van der Waals surface area (Å²) < 4.78 is 0. The summed E-state index contributed by atoms with van der Waals surface area (Å²) in [5, 5.41) is 0. The molecule has 0 spiro atoms. The van der Waals surface area contributed by atoms with E-state index in [1.165, 1.54) is 13.8 Å². The Hall–Kier alpha value is -4.06. The average molecular weight is 392 g/mol. The third-order valence-electron chi connectivity index (χ3n) is 4.92. The third-order valence-corrected chi connectivity index (χ3v) is 4.92. The van der Waals surface area contributed by atoms with Gasteiger partial charge in [-0.3, -0.25) is 9.59 Å². The first-order valence-corrected chi connectivity index (χ1v) is 9.49. The van der Waals surface area contributed by atoms with Crippen molar-refractivity contribution in [3.05, 3.63) is 94.7 Å². The molecule has 0 N–H and O–H groups in total. The summed E-state index contributed by atoms with van der Waals surface area (Å²) in [6, 6.07) is 0. The molecule has 6 nitrogen and oxygen atoms in total. The summed E-state index contributed by atoms with van der Waals surface area (Å²) in [6.45, 7) is 2.88. The SMILES string of the molecule is CC(=O)C1=C(C(C)=O)C2=NC1=CC1=NC(=CC3=NC(=CC4=NC(=C2)C=C4)C=C3)C=C1. The molecule has 30 heavy (non-hydrogen) atoms. The maximum atomic E-state index is 12.4. The molecule has 5 aliphatic rings. The van der Waals surface area contributed by atoms with Crippen LogP contribution in [0.1, 0.15) is 13.8 Å². The van der Waals surface area contributed by atoms with Crippen molar-refractivity contribution >= 4 is 34.4 Å². The van der Waals surface area contributed by atoms with Gasteiger partial charge in [-0.25, -0.2) is 20.0 Å². The smallest absolute Gasteiger partial charge is 0.162 e. The van der Waals surface area contributed by atoms with Crippen LogP contribution in [0.5, 0.6) is 0 Å². The van der Waals surface area contributed by atoms with E-state index in [0.717, 1.165) is 22.8 Å². The maximum Gasteiger partial charge on any atom is 0.162 e. The number of hydrogen-bond donors (Lipinski definition) is 0. The van der Waals surface area contributed by atoms with Crippen LogP contribution in [-0.4, -0.2) is 34.4 Å². The van der Waals surface area contributed by atoms with E-state index in [2.05, 4.69) is 20.0 Å². The normalized spacial score (nSPS) is 21.0. The van der Waals surface area contributed by atoms with Crippen molar-refractivity contribution in [1.82, 2.24) is 0 Å². The molecule has 0 aromatic carbocycles. The van der Waals surface area contributed by atoms with E-state index >= 15 is 0 Å². The second kappa shape index (κ2) is 6.77. The zero-order valence-corrected chi connectivity index (χ0v) is 16.4. The number of Topliss-reactive ketones (excluding diaryl/α,β-unsaturated/α-hetero) is 2. The van der Waals surface area contributed by atoms with Crippen LogP contribution in [-0.2, 0) is 9.59 Å². The van der Waals surface area contributed by atoms with Crippen molar-refractivity contribution in [2.24, 2.45) is 20.0 Å². The zero-order valence-electron chi connectivity index (χ0n) is 16.4. The molecule has 0 atom stereocenters. The minimum Gasteiger partial charge on any atom is -0.294 e. The van der Waals surface area contributed by atoms with Crippen LogP contribution < -0.4 is 0 Å². The highest BCUT2D eigenvalue weighted by Crippen LogP contribution is 2.30. The summed E-state index contributed by atoms with van der Waals surface area (Å²) in [7, 11) is 0. The number of allylic oxidation sites excluding steroid dienone is 12. The molecule has 5 heterocycles. The van der Waals surface area contributed by atoms with Crippen LogP contribution in [0.4, 0.5) is 0 Å². The monoisotopic (exact) mass is 392 g/mol. The first kappa shape index (κ1) is 18.0. The van der Waals surface area contributed by atoms with E-state index in [1.807, 2.05) is 48.6 Å². The Kier molecular flexibility index (Phi) is 4.06. The molecule has 144 valence electrons. The van der Waals surface area contributed by atoms with E-state index in [4.69, 9.17) is 0 Å². The van der Waals surface area contributed by atoms with E-state index in [0.29, 0.717) is 34.0 Å². The number of rotatable bonds is 2. The molecule has 0 fully saturated rings. The number of carbonyl (C=O) groups excluding carboxylic acids is 2. The molecular formula is C24H16N4O2. The molecule has 5 aliphatic heterocycles. The van der Waals surface area contributed by atoms with Gasteiger partial charge in [0.05, 0.1) is 56.8 Å². The summed E-state index contributed by atoms with van der Waals surface area (Å²) in [5.74, 6) is -0.430. The number of carbonyl (C=O) groups is 2. The average Bonchev–Trinajstić information content (AvgIpc) is 3.44.